The molecule has 0 aromatic carbocycles. The standard InChI is InChI=1S/C45H78NO7P/c1-3-5-7-9-11-13-15-17-19-20-21-22-23-25-27-29-31-33-35-37-40-50-42-44(43-52-54(48,49)51-41-39-46)53-45(47)38-36-34-32-30-28-26-24-18-16-14-12-10-8-6-4-2/h5-8,11-14,17-19,21-22,24,44H,3-4,9-10,15-16,20,23,25-43,46H2,1-2H3,(H,48,49)/b7-5-,8-6-,13-11-,14-12-,19-17-,22-21-,24-18-. The minimum atomic E-state index is -4.29. The van der Waals surface area contributed by atoms with Crippen LogP contribution >= 0.6 is 7.82 Å². The third kappa shape index (κ3) is 40.9. The zero-order chi connectivity index (χ0) is 39.5. The van der Waals surface area contributed by atoms with Crippen LogP contribution in [0.1, 0.15) is 155 Å². The highest BCUT2D eigenvalue weighted by Crippen LogP contribution is 2.43. The number of nitrogens with two attached hydrogens (primary N) is 1. The molecule has 54 heavy (non-hydrogen) atoms. The van der Waals surface area contributed by atoms with Gasteiger partial charge >= 0.3 is 13.8 Å². The van der Waals surface area contributed by atoms with Gasteiger partial charge in [0.1, 0.15) is 6.10 Å². The fourth-order valence-electron chi connectivity index (χ4n) is 5.29. The molecular formula is C45H78NO7P. The predicted molar refractivity (Wildman–Crippen MR) is 228 cm³/mol. The maximum absolute atomic E-state index is 12.6. The summed E-state index contributed by atoms with van der Waals surface area (Å²) in [5.74, 6) is -0.356. The fourth-order valence-corrected chi connectivity index (χ4v) is 6.06. The van der Waals surface area contributed by atoms with Crippen LogP contribution in [0.25, 0.3) is 0 Å². The Morgan fingerprint density at radius 2 is 0.981 bits per heavy atom. The van der Waals surface area contributed by atoms with Gasteiger partial charge in [0.05, 0.1) is 19.8 Å². The first-order valence-electron chi connectivity index (χ1n) is 21.1. The SMILES string of the molecule is CC/C=C\C/C=C\C/C=C\C/C=C\CCCCCCCCCOCC(COP(=O)(O)OCCN)OC(=O)CCCCCCC/C=C\C/C=C\C/C=C\CC. The largest absolute Gasteiger partial charge is 0.472 e. The Morgan fingerprint density at radius 1 is 0.556 bits per heavy atom. The first-order chi connectivity index (χ1) is 26.4. The molecular weight excluding hydrogens is 697 g/mol. The maximum atomic E-state index is 12.6. The molecule has 0 spiro atoms. The fraction of sp³-hybridized carbons (Fsp3) is 0.667. The van der Waals surface area contributed by atoms with E-state index in [-0.39, 0.29) is 32.3 Å². The third-order valence-electron chi connectivity index (χ3n) is 8.31. The molecule has 2 atom stereocenters. The molecule has 0 saturated heterocycles. The van der Waals surface area contributed by atoms with Crippen molar-refractivity contribution < 1.29 is 32.8 Å². The second kappa shape index (κ2) is 41.8. The highest BCUT2D eigenvalue weighted by atomic mass is 31.2. The molecule has 0 bridgehead atoms. The van der Waals surface area contributed by atoms with Crippen molar-refractivity contribution in [1.82, 2.24) is 0 Å². The van der Waals surface area contributed by atoms with E-state index in [0.717, 1.165) is 109 Å². The van der Waals surface area contributed by atoms with Crippen LogP contribution < -0.4 is 5.73 Å². The monoisotopic (exact) mass is 776 g/mol. The van der Waals surface area contributed by atoms with Crippen LogP contribution in [-0.2, 0) is 27.9 Å². The van der Waals surface area contributed by atoms with Crippen LogP contribution in [0.5, 0.6) is 0 Å². The Hall–Kier alpha value is -2.32. The zero-order valence-electron chi connectivity index (χ0n) is 34.2. The molecule has 310 valence electrons. The van der Waals surface area contributed by atoms with Crippen LogP contribution in [0.2, 0.25) is 0 Å². The van der Waals surface area contributed by atoms with Gasteiger partial charge in [-0.3, -0.25) is 13.8 Å². The Morgan fingerprint density at radius 3 is 1.46 bits per heavy atom. The van der Waals surface area contributed by atoms with Gasteiger partial charge < -0.3 is 20.1 Å². The van der Waals surface area contributed by atoms with Crippen molar-refractivity contribution in [3.63, 3.8) is 0 Å². The van der Waals surface area contributed by atoms with E-state index in [2.05, 4.69) is 98.9 Å². The number of unbranched alkanes of at least 4 members (excludes halogenated alkanes) is 12. The summed E-state index contributed by atoms with van der Waals surface area (Å²) >= 11 is 0. The van der Waals surface area contributed by atoms with E-state index in [1.165, 1.54) is 25.7 Å². The normalized spacial score (nSPS) is 14.4. The van der Waals surface area contributed by atoms with Gasteiger partial charge in [-0.2, -0.15) is 0 Å². The number of hydrogen-bond donors (Lipinski definition) is 2. The first-order valence-corrected chi connectivity index (χ1v) is 22.6. The lowest BCUT2D eigenvalue weighted by Crippen LogP contribution is -2.28. The number of carbonyl (C=O) groups excluding carboxylic acids is 1. The topological polar surface area (TPSA) is 117 Å². The maximum Gasteiger partial charge on any atom is 0.472 e. The molecule has 0 aliphatic heterocycles. The van der Waals surface area contributed by atoms with E-state index in [0.29, 0.717) is 13.0 Å². The van der Waals surface area contributed by atoms with Crippen LogP contribution in [0, 0.1) is 0 Å². The minimum Gasteiger partial charge on any atom is -0.457 e. The smallest absolute Gasteiger partial charge is 0.457 e. The molecule has 0 amide bonds. The van der Waals surface area contributed by atoms with E-state index in [1.54, 1.807) is 0 Å². The third-order valence-corrected chi connectivity index (χ3v) is 9.29. The lowest BCUT2D eigenvalue weighted by molar-refractivity contribution is -0.154. The van der Waals surface area contributed by atoms with Crippen molar-refractivity contribution in [2.45, 2.75) is 161 Å². The molecule has 0 aliphatic carbocycles. The van der Waals surface area contributed by atoms with Crippen LogP contribution in [0.3, 0.4) is 0 Å². The number of ether oxygens (including phenoxy) is 2. The lowest BCUT2D eigenvalue weighted by atomic mass is 10.1. The van der Waals surface area contributed by atoms with Gasteiger partial charge in [0.2, 0.25) is 0 Å². The van der Waals surface area contributed by atoms with Crippen molar-refractivity contribution in [3.8, 4) is 0 Å². The van der Waals surface area contributed by atoms with Crippen LogP contribution in [0.4, 0.5) is 0 Å². The lowest BCUT2D eigenvalue weighted by Gasteiger charge is -2.20. The molecule has 0 radical (unpaired) electrons. The molecule has 0 aromatic heterocycles. The highest BCUT2D eigenvalue weighted by molar-refractivity contribution is 7.47. The molecule has 0 fully saturated rings. The summed E-state index contributed by atoms with van der Waals surface area (Å²) in [5, 5.41) is 0. The highest BCUT2D eigenvalue weighted by Gasteiger charge is 2.25. The van der Waals surface area contributed by atoms with Gasteiger partial charge in [-0.1, -0.05) is 150 Å². The van der Waals surface area contributed by atoms with E-state index >= 15 is 0 Å². The van der Waals surface area contributed by atoms with E-state index in [4.69, 9.17) is 24.3 Å². The average molecular weight is 776 g/mol. The van der Waals surface area contributed by atoms with E-state index in [9.17, 15) is 14.3 Å². The van der Waals surface area contributed by atoms with Crippen molar-refractivity contribution in [3.05, 3.63) is 85.1 Å². The second-order valence-corrected chi connectivity index (χ2v) is 14.9. The Labute approximate surface area is 330 Å². The molecule has 2 unspecified atom stereocenters. The Kier molecular flexibility index (Phi) is 40.0. The first kappa shape index (κ1) is 51.7. The molecule has 8 nitrogen and oxygen atoms in total. The summed E-state index contributed by atoms with van der Waals surface area (Å²) in [4.78, 5) is 22.5. The average Bonchev–Trinajstić information content (AvgIpc) is 3.16. The second-order valence-electron chi connectivity index (χ2n) is 13.4. The molecule has 3 N–H and O–H groups in total. The van der Waals surface area contributed by atoms with Gasteiger partial charge in [0.25, 0.3) is 0 Å². The number of phosphoric ester groups is 1. The number of hydrogen-bond acceptors (Lipinski definition) is 7. The number of esters is 1. The predicted octanol–water partition coefficient (Wildman–Crippen LogP) is 12.5. The van der Waals surface area contributed by atoms with Gasteiger partial charge in [-0.05, 0) is 83.5 Å². The van der Waals surface area contributed by atoms with Crippen LogP contribution in [-0.4, -0.2) is 49.9 Å². The van der Waals surface area contributed by atoms with Crippen molar-refractivity contribution in [2.75, 3.05) is 33.0 Å². The van der Waals surface area contributed by atoms with E-state index in [1.807, 2.05) is 0 Å². The van der Waals surface area contributed by atoms with Gasteiger partial charge in [0, 0.05) is 19.6 Å². The quantitative estimate of drug-likeness (QED) is 0.0274. The molecule has 9 heteroatoms. The summed E-state index contributed by atoms with van der Waals surface area (Å²) in [6.07, 6.45) is 53.1. The Bertz CT molecular complexity index is 1100. The number of rotatable bonds is 39. The summed E-state index contributed by atoms with van der Waals surface area (Å²) in [5.41, 5.74) is 5.36. The number of phosphoric acid groups is 1. The van der Waals surface area contributed by atoms with Gasteiger partial charge in [-0.15, -0.1) is 0 Å². The number of allylic oxidation sites excluding steroid dienone is 14. The summed E-state index contributed by atoms with van der Waals surface area (Å²) in [6.45, 7) is 4.62. The molecule has 0 heterocycles. The molecule has 0 rings (SSSR count). The number of carbonyl (C=O) groups is 1. The van der Waals surface area contributed by atoms with Crippen molar-refractivity contribution >= 4 is 13.8 Å². The summed E-state index contributed by atoms with van der Waals surface area (Å²) in [6, 6.07) is 0. The minimum absolute atomic E-state index is 0.0905. The van der Waals surface area contributed by atoms with Gasteiger partial charge in [-0.25, -0.2) is 4.57 Å². The van der Waals surface area contributed by atoms with Crippen molar-refractivity contribution in [2.24, 2.45) is 5.73 Å². The summed E-state index contributed by atoms with van der Waals surface area (Å²) in [7, 11) is -4.29. The van der Waals surface area contributed by atoms with Gasteiger partial charge in [0.15, 0.2) is 0 Å². The van der Waals surface area contributed by atoms with E-state index < -0.39 is 13.9 Å². The van der Waals surface area contributed by atoms with Crippen LogP contribution in [0.15, 0.2) is 85.1 Å². The molecule has 0 saturated carbocycles. The summed E-state index contributed by atoms with van der Waals surface area (Å²) < 4.78 is 33.4. The zero-order valence-corrected chi connectivity index (χ0v) is 35.1. The molecule has 0 aliphatic rings. The Balaban J connectivity index is 4.10. The van der Waals surface area contributed by atoms with Crippen molar-refractivity contribution in [1.29, 1.82) is 0 Å². The molecule has 0 aromatic rings.